The summed E-state index contributed by atoms with van der Waals surface area (Å²) in [6.45, 7) is 7.73. The molecule has 0 bridgehead atoms. The molecule has 2 N–H and O–H groups in total. The smallest absolute Gasteiger partial charge is 0.134 e. The van der Waals surface area contributed by atoms with Gasteiger partial charge in [-0.2, -0.15) is 0 Å². The lowest BCUT2D eigenvalue weighted by atomic mass is 10.1. The summed E-state index contributed by atoms with van der Waals surface area (Å²) >= 11 is 0. The Morgan fingerprint density at radius 1 is 1.28 bits per heavy atom. The molecule has 2 aliphatic heterocycles. The number of hydrogen-bond acceptors (Lipinski definition) is 6. The van der Waals surface area contributed by atoms with Crippen LogP contribution in [0.2, 0.25) is 0 Å². The lowest BCUT2D eigenvalue weighted by Gasteiger charge is -2.47. The van der Waals surface area contributed by atoms with E-state index < -0.39 is 0 Å². The molecule has 98 valence electrons. The molecule has 0 radical (unpaired) electrons. The van der Waals surface area contributed by atoms with Gasteiger partial charge in [0, 0.05) is 38.3 Å². The van der Waals surface area contributed by atoms with Crippen LogP contribution >= 0.6 is 0 Å². The lowest BCUT2D eigenvalue weighted by molar-refractivity contribution is 0.0104. The third-order valence-electron chi connectivity index (χ3n) is 3.59. The molecule has 3 rings (SSSR count). The Hall–Kier alpha value is -1.40. The van der Waals surface area contributed by atoms with Crippen LogP contribution in [-0.2, 0) is 4.74 Å². The summed E-state index contributed by atoms with van der Waals surface area (Å²) in [4.78, 5) is 13.3. The van der Waals surface area contributed by atoms with Crippen molar-refractivity contribution in [3.63, 3.8) is 0 Å². The van der Waals surface area contributed by atoms with E-state index in [4.69, 9.17) is 10.5 Å². The van der Waals surface area contributed by atoms with Crippen molar-refractivity contribution in [1.82, 2.24) is 14.9 Å². The van der Waals surface area contributed by atoms with E-state index in [9.17, 15) is 0 Å². The first-order valence-corrected chi connectivity index (χ1v) is 6.40. The van der Waals surface area contributed by atoms with Crippen LogP contribution in [0.25, 0.3) is 0 Å². The van der Waals surface area contributed by atoms with E-state index in [0.29, 0.717) is 11.9 Å². The monoisotopic (exact) mass is 249 g/mol. The number of nitrogen functional groups attached to an aromatic ring is 1. The average molecular weight is 249 g/mol. The van der Waals surface area contributed by atoms with Crippen LogP contribution < -0.4 is 10.6 Å². The van der Waals surface area contributed by atoms with Crippen molar-refractivity contribution in [3.05, 3.63) is 11.9 Å². The van der Waals surface area contributed by atoms with Gasteiger partial charge >= 0.3 is 0 Å². The molecule has 0 amide bonds. The van der Waals surface area contributed by atoms with Crippen molar-refractivity contribution in [2.75, 3.05) is 50.0 Å². The fraction of sp³-hybridized carbons (Fsp3) is 0.667. The highest BCUT2D eigenvalue weighted by atomic mass is 16.5. The summed E-state index contributed by atoms with van der Waals surface area (Å²) in [5, 5.41) is 0. The predicted molar refractivity (Wildman–Crippen MR) is 69.6 cm³/mol. The number of anilines is 2. The van der Waals surface area contributed by atoms with Crippen molar-refractivity contribution in [2.24, 2.45) is 0 Å². The highest BCUT2D eigenvalue weighted by Gasteiger charge is 2.33. The van der Waals surface area contributed by atoms with Crippen LogP contribution in [0.4, 0.5) is 11.6 Å². The zero-order valence-corrected chi connectivity index (χ0v) is 10.7. The van der Waals surface area contributed by atoms with Crippen molar-refractivity contribution in [2.45, 2.75) is 13.0 Å². The zero-order chi connectivity index (χ0) is 12.5. The largest absolute Gasteiger partial charge is 0.384 e. The summed E-state index contributed by atoms with van der Waals surface area (Å²) in [5.74, 6) is 2.23. The first kappa shape index (κ1) is 11.7. The van der Waals surface area contributed by atoms with E-state index in [1.165, 1.54) is 0 Å². The van der Waals surface area contributed by atoms with E-state index in [2.05, 4.69) is 19.8 Å². The summed E-state index contributed by atoms with van der Waals surface area (Å²) in [6, 6.07) is 2.48. The normalized spacial score (nSPS) is 21.9. The summed E-state index contributed by atoms with van der Waals surface area (Å²) in [5.41, 5.74) is 5.75. The number of aryl methyl sites for hydroxylation is 1. The molecule has 3 heterocycles. The number of ether oxygens (including phenoxy) is 1. The molecule has 18 heavy (non-hydrogen) atoms. The highest BCUT2D eigenvalue weighted by Crippen LogP contribution is 2.23. The van der Waals surface area contributed by atoms with E-state index >= 15 is 0 Å². The molecule has 1 aromatic rings. The maximum atomic E-state index is 5.75. The van der Waals surface area contributed by atoms with Gasteiger partial charge in [0.25, 0.3) is 0 Å². The Bertz CT molecular complexity index is 406. The number of nitrogens with zero attached hydrogens (tertiary/aromatic N) is 4. The molecule has 0 aliphatic carbocycles. The fourth-order valence-electron chi connectivity index (χ4n) is 2.55. The minimum absolute atomic E-state index is 0.548. The van der Waals surface area contributed by atoms with Crippen LogP contribution in [-0.4, -0.2) is 60.3 Å². The van der Waals surface area contributed by atoms with Crippen LogP contribution in [0.3, 0.4) is 0 Å². The second-order valence-electron chi connectivity index (χ2n) is 4.91. The molecule has 2 aliphatic rings. The first-order valence-electron chi connectivity index (χ1n) is 6.40. The lowest BCUT2D eigenvalue weighted by Crippen LogP contribution is -2.61. The van der Waals surface area contributed by atoms with E-state index in [0.717, 1.165) is 51.0 Å². The minimum Gasteiger partial charge on any atom is -0.384 e. The molecule has 1 aromatic heterocycles. The second-order valence-corrected chi connectivity index (χ2v) is 4.91. The molecular weight excluding hydrogens is 230 g/mol. The molecule has 0 atom stereocenters. The minimum atomic E-state index is 0.548. The Labute approximate surface area is 107 Å². The number of hydrogen-bond donors (Lipinski definition) is 1. The molecular formula is C12H19N5O. The third kappa shape index (κ3) is 2.26. The highest BCUT2D eigenvalue weighted by molar-refractivity contribution is 5.49. The molecule has 6 nitrogen and oxygen atoms in total. The average Bonchev–Trinajstić information content (AvgIpc) is 2.27. The van der Waals surface area contributed by atoms with Crippen LogP contribution in [0.5, 0.6) is 0 Å². The van der Waals surface area contributed by atoms with E-state index in [1.54, 1.807) is 0 Å². The molecule has 0 unspecified atom stereocenters. The van der Waals surface area contributed by atoms with E-state index in [-0.39, 0.29) is 0 Å². The van der Waals surface area contributed by atoms with E-state index in [1.807, 2.05) is 13.0 Å². The van der Waals surface area contributed by atoms with Gasteiger partial charge in [-0.1, -0.05) is 0 Å². The molecule has 2 fully saturated rings. The SMILES string of the molecule is Cc1nc(N)cc(N2CC(N3CCOCC3)C2)n1. The van der Waals surface area contributed by atoms with Gasteiger partial charge < -0.3 is 15.4 Å². The molecule has 2 saturated heterocycles. The topological polar surface area (TPSA) is 67.5 Å². The Kier molecular flexibility index (Phi) is 3.05. The predicted octanol–water partition coefficient (Wildman–Crippen LogP) is -0.112. The Morgan fingerprint density at radius 2 is 2.00 bits per heavy atom. The molecule has 0 aromatic carbocycles. The van der Waals surface area contributed by atoms with Gasteiger partial charge in [0.15, 0.2) is 0 Å². The summed E-state index contributed by atoms with van der Waals surface area (Å²) < 4.78 is 5.37. The number of rotatable bonds is 2. The van der Waals surface area contributed by atoms with Crippen LogP contribution in [0.15, 0.2) is 6.07 Å². The Balaban J connectivity index is 1.60. The summed E-state index contributed by atoms with van der Waals surface area (Å²) in [6.07, 6.45) is 0. The Morgan fingerprint density at radius 3 is 2.67 bits per heavy atom. The quantitative estimate of drug-likeness (QED) is 0.788. The summed E-state index contributed by atoms with van der Waals surface area (Å²) in [7, 11) is 0. The maximum absolute atomic E-state index is 5.75. The standard InChI is InChI=1S/C12H19N5O/c1-9-14-11(13)6-12(15-9)17-7-10(8-17)16-2-4-18-5-3-16/h6,10H,2-5,7-8H2,1H3,(H2,13,14,15). The molecule has 0 spiro atoms. The first-order chi connectivity index (χ1) is 8.72. The molecule has 6 heteroatoms. The van der Waals surface area contributed by atoms with Crippen molar-refractivity contribution < 1.29 is 4.74 Å². The second kappa shape index (κ2) is 4.70. The van der Waals surface area contributed by atoms with Crippen molar-refractivity contribution >= 4 is 11.6 Å². The van der Waals surface area contributed by atoms with Crippen molar-refractivity contribution in [3.8, 4) is 0 Å². The van der Waals surface area contributed by atoms with Crippen LogP contribution in [0.1, 0.15) is 5.82 Å². The number of nitrogens with two attached hydrogens (primary N) is 1. The number of aromatic nitrogens is 2. The fourth-order valence-corrected chi connectivity index (χ4v) is 2.55. The van der Waals surface area contributed by atoms with Gasteiger partial charge in [-0.3, -0.25) is 4.90 Å². The maximum Gasteiger partial charge on any atom is 0.134 e. The number of morpholine rings is 1. The van der Waals surface area contributed by atoms with Gasteiger partial charge in [0.2, 0.25) is 0 Å². The third-order valence-corrected chi connectivity index (χ3v) is 3.59. The van der Waals surface area contributed by atoms with Gasteiger partial charge in [-0.15, -0.1) is 0 Å². The van der Waals surface area contributed by atoms with Crippen LogP contribution in [0, 0.1) is 6.92 Å². The van der Waals surface area contributed by atoms with Crippen molar-refractivity contribution in [1.29, 1.82) is 0 Å². The van der Waals surface area contributed by atoms with Gasteiger partial charge in [0.1, 0.15) is 17.5 Å². The molecule has 0 saturated carbocycles. The zero-order valence-electron chi connectivity index (χ0n) is 10.7. The van der Waals surface area contributed by atoms with Gasteiger partial charge in [0.05, 0.1) is 13.2 Å². The van der Waals surface area contributed by atoms with Gasteiger partial charge in [-0.05, 0) is 6.92 Å². The van der Waals surface area contributed by atoms with Gasteiger partial charge in [-0.25, -0.2) is 9.97 Å².